The first-order valence-electron chi connectivity index (χ1n) is 12.2. The number of nitrogens with zero attached hydrogens (tertiary/aromatic N) is 1. The third-order valence-electron chi connectivity index (χ3n) is 6.31. The number of anilines is 1. The number of carbonyl (C=O) groups excluding carboxylic acids is 1. The lowest BCUT2D eigenvalue weighted by Crippen LogP contribution is -2.40. The lowest BCUT2D eigenvalue weighted by molar-refractivity contribution is -0.0253. The zero-order valence-corrected chi connectivity index (χ0v) is 21.7. The lowest BCUT2D eigenvalue weighted by atomic mass is 9.82. The summed E-state index contributed by atoms with van der Waals surface area (Å²) in [6.07, 6.45) is 5.31. The zero-order valence-electron chi connectivity index (χ0n) is 21.7. The molecule has 1 heterocycles. The first-order valence-corrected chi connectivity index (χ1v) is 12.2. The van der Waals surface area contributed by atoms with Crippen LogP contribution in [0.1, 0.15) is 64.4 Å². The van der Waals surface area contributed by atoms with Gasteiger partial charge in [0.05, 0.1) is 37.4 Å². The Bertz CT molecular complexity index is 1180. The van der Waals surface area contributed by atoms with Gasteiger partial charge in [-0.1, -0.05) is 19.1 Å². The molecule has 10 heteroatoms. The summed E-state index contributed by atoms with van der Waals surface area (Å²) in [6.45, 7) is 5.81. The number of methoxy groups -OCH3 is 1. The minimum absolute atomic E-state index is 0.00212. The third-order valence-corrected chi connectivity index (χ3v) is 6.31. The lowest BCUT2D eigenvalue weighted by Gasteiger charge is -2.36. The fourth-order valence-electron chi connectivity index (χ4n) is 4.44. The number of carboxylic acids is 1. The normalized spacial score (nSPS) is 17.1. The molecule has 0 bridgehead atoms. The predicted molar refractivity (Wildman–Crippen MR) is 138 cm³/mol. The molecule has 1 aromatic carbocycles. The van der Waals surface area contributed by atoms with E-state index in [1.54, 1.807) is 25.1 Å². The summed E-state index contributed by atoms with van der Waals surface area (Å²) in [5.41, 5.74) is 7.54. The predicted octanol–water partition coefficient (Wildman–Crippen LogP) is 2.99. The molecule has 2 unspecified atom stereocenters. The van der Waals surface area contributed by atoms with Crippen molar-refractivity contribution in [3.05, 3.63) is 58.4 Å². The topological polar surface area (TPSA) is 153 Å². The number of aliphatic hydroxyl groups is 1. The second kappa shape index (κ2) is 12.1. The number of fused-ring (bicyclic) bond motifs is 1. The number of nitrogens with one attached hydrogen (secondary N) is 1. The van der Waals surface area contributed by atoms with Gasteiger partial charge in [-0.05, 0) is 38.5 Å². The number of aryl methyl sites for hydroxylation is 1. The molecule has 0 saturated carbocycles. The van der Waals surface area contributed by atoms with Crippen LogP contribution < -0.4 is 20.5 Å². The molecule has 0 fully saturated rings. The Morgan fingerprint density at radius 2 is 2.05 bits per heavy atom. The second-order valence-electron chi connectivity index (χ2n) is 8.94. The fraction of sp³-hybridized carbons (Fsp3) is 0.444. The molecule has 5 N–H and O–H groups in total. The fourth-order valence-corrected chi connectivity index (χ4v) is 4.44. The standard InChI is InChI=1S/C27H35N3O7/c1-5-27(11-6-8-19-23(27)24(28)22(26(33)34)17(3)30-19)37-15-16(2)29-25(32)18-9-10-20(35-4)21(14-18)36-13-7-12-31/h6,9-11,14,16,31H,5,7-8,12-13,15H2,1-4H3,(H2,28,30)(H,29,32)(H,33,34). The Balaban J connectivity index is 1.76. The molecule has 0 radical (unpaired) electrons. The average molecular weight is 514 g/mol. The third kappa shape index (κ3) is 6.03. The van der Waals surface area contributed by atoms with Crippen molar-refractivity contribution >= 4 is 17.6 Å². The maximum absolute atomic E-state index is 12.9. The van der Waals surface area contributed by atoms with Crippen LogP contribution in [-0.4, -0.2) is 60.0 Å². The summed E-state index contributed by atoms with van der Waals surface area (Å²) in [4.78, 5) is 29.3. The van der Waals surface area contributed by atoms with Gasteiger partial charge in [0.25, 0.3) is 5.91 Å². The first-order chi connectivity index (χ1) is 17.7. The number of nitrogens with two attached hydrogens (primary N) is 1. The van der Waals surface area contributed by atoms with E-state index in [0.717, 1.165) is 0 Å². The van der Waals surface area contributed by atoms with Gasteiger partial charge in [-0.2, -0.15) is 0 Å². The molecule has 10 nitrogen and oxygen atoms in total. The molecule has 2 aromatic rings. The molecule has 2 atom stereocenters. The van der Waals surface area contributed by atoms with Crippen molar-refractivity contribution in [3.8, 4) is 11.5 Å². The maximum Gasteiger partial charge on any atom is 0.339 e. The number of benzene rings is 1. The van der Waals surface area contributed by atoms with E-state index in [-0.39, 0.29) is 43.0 Å². The number of pyridine rings is 1. The SMILES string of the molecule is CCC1(OCC(C)NC(=O)c2ccc(OC)c(OCCCO)c2)C=CCc2nc(C)c(C(=O)O)c(N)c21. The maximum atomic E-state index is 12.9. The van der Waals surface area contributed by atoms with Gasteiger partial charge in [0, 0.05) is 36.6 Å². The van der Waals surface area contributed by atoms with Crippen molar-refractivity contribution in [2.75, 3.05) is 32.7 Å². The van der Waals surface area contributed by atoms with Crippen molar-refractivity contribution in [1.82, 2.24) is 10.3 Å². The minimum atomic E-state index is -1.13. The van der Waals surface area contributed by atoms with Gasteiger partial charge < -0.3 is 35.5 Å². The molecule has 3 rings (SSSR count). The number of aromatic nitrogens is 1. The van der Waals surface area contributed by atoms with E-state index in [1.807, 2.05) is 26.0 Å². The number of nitrogen functional groups attached to an aromatic ring is 1. The molecule has 0 saturated heterocycles. The monoisotopic (exact) mass is 513 g/mol. The van der Waals surface area contributed by atoms with E-state index in [0.29, 0.717) is 53.3 Å². The minimum Gasteiger partial charge on any atom is -0.493 e. The van der Waals surface area contributed by atoms with Gasteiger partial charge in [0.15, 0.2) is 11.5 Å². The van der Waals surface area contributed by atoms with Crippen molar-refractivity contribution in [3.63, 3.8) is 0 Å². The number of rotatable bonds is 12. The van der Waals surface area contributed by atoms with Gasteiger partial charge in [0.2, 0.25) is 0 Å². The van der Waals surface area contributed by atoms with Crippen LogP contribution in [0.15, 0.2) is 30.4 Å². The number of hydrogen-bond donors (Lipinski definition) is 4. The first kappa shape index (κ1) is 27.9. The number of carbonyl (C=O) groups is 2. The molecule has 0 aliphatic heterocycles. The summed E-state index contributed by atoms with van der Waals surface area (Å²) in [6, 6.07) is 4.50. The summed E-state index contributed by atoms with van der Waals surface area (Å²) in [7, 11) is 1.51. The highest BCUT2D eigenvalue weighted by Gasteiger charge is 2.38. The van der Waals surface area contributed by atoms with E-state index >= 15 is 0 Å². The van der Waals surface area contributed by atoms with Crippen molar-refractivity contribution in [1.29, 1.82) is 0 Å². The quantitative estimate of drug-likeness (QED) is 0.248. The van der Waals surface area contributed by atoms with E-state index in [2.05, 4.69) is 10.3 Å². The van der Waals surface area contributed by atoms with Crippen LogP contribution in [-0.2, 0) is 16.8 Å². The molecular weight excluding hydrogens is 478 g/mol. The van der Waals surface area contributed by atoms with Gasteiger partial charge in [-0.3, -0.25) is 9.78 Å². The molecule has 1 aliphatic carbocycles. The summed E-state index contributed by atoms with van der Waals surface area (Å²) >= 11 is 0. The van der Waals surface area contributed by atoms with Gasteiger partial charge in [-0.25, -0.2) is 4.79 Å². The van der Waals surface area contributed by atoms with Crippen molar-refractivity contribution in [2.45, 2.75) is 51.7 Å². The highest BCUT2D eigenvalue weighted by Crippen LogP contribution is 2.42. The number of aliphatic hydroxyl groups excluding tert-OH is 1. The summed E-state index contributed by atoms with van der Waals surface area (Å²) < 4.78 is 17.3. The van der Waals surface area contributed by atoms with Crippen LogP contribution in [0.25, 0.3) is 0 Å². The van der Waals surface area contributed by atoms with Crippen LogP contribution in [0.5, 0.6) is 11.5 Å². The number of carboxylic acid groups (broad SMARTS) is 1. The molecule has 200 valence electrons. The Hall–Kier alpha value is -3.63. The summed E-state index contributed by atoms with van der Waals surface area (Å²) in [5, 5.41) is 21.6. The molecular formula is C27H35N3O7. The van der Waals surface area contributed by atoms with Gasteiger partial charge in [-0.15, -0.1) is 0 Å². The van der Waals surface area contributed by atoms with Crippen LogP contribution in [0, 0.1) is 6.92 Å². The molecule has 1 aromatic heterocycles. The van der Waals surface area contributed by atoms with E-state index in [9.17, 15) is 14.7 Å². The van der Waals surface area contributed by atoms with E-state index in [1.165, 1.54) is 7.11 Å². The summed E-state index contributed by atoms with van der Waals surface area (Å²) in [5.74, 6) is -0.555. The van der Waals surface area contributed by atoms with Crippen molar-refractivity contribution < 1.29 is 34.0 Å². The molecule has 1 amide bonds. The van der Waals surface area contributed by atoms with Crippen LogP contribution in [0.4, 0.5) is 5.69 Å². The van der Waals surface area contributed by atoms with Crippen LogP contribution in [0.2, 0.25) is 0 Å². The Morgan fingerprint density at radius 1 is 1.30 bits per heavy atom. The second-order valence-corrected chi connectivity index (χ2v) is 8.94. The number of allylic oxidation sites excluding steroid dienone is 1. The van der Waals surface area contributed by atoms with Gasteiger partial charge >= 0.3 is 5.97 Å². The highest BCUT2D eigenvalue weighted by atomic mass is 16.5. The molecule has 37 heavy (non-hydrogen) atoms. The Labute approximate surface area is 216 Å². The van der Waals surface area contributed by atoms with E-state index < -0.39 is 11.6 Å². The Kier molecular flexibility index (Phi) is 9.12. The smallest absolute Gasteiger partial charge is 0.339 e. The number of ether oxygens (including phenoxy) is 3. The van der Waals surface area contributed by atoms with E-state index in [4.69, 9.17) is 25.1 Å². The zero-order chi connectivity index (χ0) is 27.2. The largest absolute Gasteiger partial charge is 0.493 e. The Morgan fingerprint density at radius 3 is 2.70 bits per heavy atom. The van der Waals surface area contributed by atoms with Crippen molar-refractivity contribution in [2.24, 2.45) is 0 Å². The number of hydrogen-bond acceptors (Lipinski definition) is 8. The van der Waals surface area contributed by atoms with Crippen LogP contribution >= 0.6 is 0 Å². The average Bonchev–Trinajstić information content (AvgIpc) is 2.87. The highest BCUT2D eigenvalue weighted by molar-refractivity contribution is 5.96. The van der Waals surface area contributed by atoms with Gasteiger partial charge in [0.1, 0.15) is 11.2 Å². The molecule has 1 aliphatic rings. The van der Waals surface area contributed by atoms with Crippen LogP contribution in [0.3, 0.4) is 0 Å². The number of amides is 1. The number of aromatic carboxylic acids is 1. The molecule has 0 spiro atoms.